The average Bonchev–Trinajstić information content (AvgIpc) is 3.09. The smallest absolute Gasteiger partial charge is 0.313 e. The second-order valence-electron chi connectivity index (χ2n) is 6.00. The van der Waals surface area contributed by atoms with Crippen LogP contribution in [0.25, 0.3) is 0 Å². The Hall–Kier alpha value is -2.06. The first kappa shape index (κ1) is 19.3. The minimum absolute atomic E-state index is 0.0465. The summed E-state index contributed by atoms with van der Waals surface area (Å²) < 4.78 is 30.8. The number of carbonyl (C=O) groups excluding carboxylic acids is 1. The number of hydrogen-bond acceptors (Lipinski definition) is 5. The van der Waals surface area contributed by atoms with Crippen molar-refractivity contribution in [2.45, 2.75) is 31.1 Å². The van der Waals surface area contributed by atoms with Crippen LogP contribution in [0, 0.1) is 0 Å². The van der Waals surface area contributed by atoms with Crippen LogP contribution in [0.4, 0.5) is 4.79 Å². The third kappa shape index (κ3) is 4.32. The summed E-state index contributed by atoms with van der Waals surface area (Å²) in [5.41, 5.74) is 5.48. The number of nitrogens with two attached hydrogens (primary N) is 1. The molecule has 136 valence electrons. The Labute approximate surface area is 151 Å². The molecular weight excluding hydrogens is 360 g/mol. The third-order valence-electron chi connectivity index (χ3n) is 3.87. The zero-order valence-corrected chi connectivity index (χ0v) is 16.0. The molecule has 0 aliphatic carbocycles. The summed E-state index contributed by atoms with van der Waals surface area (Å²) in [5, 5.41) is 4.12. The van der Waals surface area contributed by atoms with E-state index in [0.717, 1.165) is 10.4 Å². The van der Waals surface area contributed by atoms with Crippen LogP contribution in [0.15, 0.2) is 40.6 Å². The van der Waals surface area contributed by atoms with Gasteiger partial charge in [-0.05, 0) is 36.1 Å². The lowest BCUT2D eigenvalue weighted by Crippen LogP contribution is -2.34. The molecule has 2 aromatic rings. The van der Waals surface area contributed by atoms with E-state index in [4.69, 9.17) is 10.5 Å². The molecule has 0 radical (unpaired) electrons. The normalized spacial score (nSPS) is 12.0. The number of sulfone groups is 1. The van der Waals surface area contributed by atoms with Gasteiger partial charge in [-0.15, -0.1) is 11.3 Å². The maximum absolute atomic E-state index is 12.7. The van der Waals surface area contributed by atoms with E-state index in [1.165, 1.54) is 0 Å². The van der Waals surface area contributed by atoms with Gasteiger partial charge in [0.25, 0.3) is 0 Å². The van der Waals surface area contributed by atoms with Gasteiger partial charge < -0.3 is 15.8 Å². The summed E-state index contributed by atoms with van der Waals surface area (Å²) in [6.07, 6.45) is 0. The molecule has 0 spiro atoms. The van der Waals surface area contributed by atoms with Crippen LogP contribution in [-0.4, -0.2) is 26.9 Å². The molecule has 0 saturated heterocycles. The van der Waals surface area contributed by atoms with Crippen molar-refractivity contribution in [1.82, 2.24) is 5.32 Å². The van der Waals surface area contributed by atoms with E-state index in [2.05, 4.69) is 5.32 Å². The molecule has 0 atom stereocenters. The first-order valence-electron chi connectivity index (χ1n) is 7.76. The SMILES string of the molecule is CCOc1ccc(C(C)(C)c2cccs2)cc1S(=O)(=O)CNC(N)=O. The molecule has 25 heavy (non-hydrogen) atoms. The molecule has 0 aliphatic rings. The molecule has 1 aromatic heterocycles. The zero-order chi connectivity index (χ0) is 18.7. The molecule has 2 amide bonds. The lowest BCUT2D eigenvalue weighted by Gasteiger charge is -2.25. The molecule has 0 fully saturated rings. The van der Waals surface area contributed by atoms with E-state index in [1.807, 2.05) is 37.4 Å². The van der Waals surface area contributed by atoms with Crippen LogP contribution in [0.3, 0.4) is 0 Å². The Kier molecular flexibility index (Phi) is 5.74. The summed E-state index contributed by atoms with van der Waals surface area (Å²) in [6.45, 7) is 6.18. The van der Waals surface area contributed by atoms with E-state index in [0.29, 0.717) is 6.61 Å². The number of urea groups is 1. The van der Waals surface area contributed by atoms with Gasteiger partial charge in [-0.3, -0.25) is 0 Å². The van der Waals surface area contributed by atoms with Gasteiger partial charge in [0, 0.05) is 10.3 Å². The summed E-state index contributed by atoms with van der Waals surface area (Å²) in [5.74, 6) is -0.315. The lowest BCUT2D eigenvalue weighted by atomic mass is 9.83. The van der Waals surface area contributed by atoms with Crippen molar-refractivity contribution in [3.63, 3.8) is 0 Å². The molecule has 0 aliphatic heterocycles. The Bertz CT molecular complexity index is 844. The molecule has 2 rings (SSSR count). The highest BCUT2D eigenvalue weighted by molar-refractivity contribution is 7.91. The summed E-state index contributed by atoms with van der Waals surface area (Å²) in [4.78, 5) is 12.1. The second kappa shape index (κ2) is 7.45. The van der Waals surface area contributed by atoms with Crippen molar-refractivity contribution >= 4 is 27.2 Å². The monoisotopic (exact) mass is 382 g/mol. The van der Waals surface area contributed by atoms with Crippen molar-refractivity contribution < 1.29 is 17.9 Å². The largest absolute Gasteiger partial charge is 0.493 e. The minimum atomic E-state index is -3.79. The molecule has 6 nitrogen and oxygen atoms in total. The number of carbonyl (C=O) groups is 1. The molecule has 3 N–H and O–H groups in total. The zero-order valence-electron chi connectivity index (χ0n) is 14.4. The first-order chi connectivity index (χ1) is 11.7. The number of ether oxygens (including phenoxy) is 1. The standard InChI is InChI=1S/C17H22N2O4S2/c1-4-23-13-8-7-12(17(2,3)15-6-5-9-24-15)10-14(13)25(21,22)11-19-16(18)20/h5-10H,4,11H2,1-3H3,(H3,18,19,20). The average molecular weight is 383 g/mol. The number of thiophene rings is 1. The van der Waals surface area contributed by atoms with Crippen molar-refractivity contribution in [3.8, 4) is 5.75 Å². The predicted molar refractivity (Wildman–Crippen MR) is 98.8 cm³/mol. The van der Waals surface area contributed by atoms with Crippen molar-refractivity contribution in [2.24, 2.45) is 5.73 Å². The van der Waals surface area contributed by atoms with Crippen LogP contribution in [0.5, 0.6) is 5.75 Å². The van der Waals surface area contributed by atoms with Crippen LogP contribution >= 0.6 is 11.3 Å². The molecule has 0 unspecified atom stereocenters. The van der Waals surface area contributed by atoms with Crippen LogP contribution in [0.1, 0.15) is 31.2 Å². The predicted octanol–water partition coefficient (Wildman–Crippen LogP) is 2.87. The van der Waals surface area contributed by atoms with E-state index < -0.39 is 21.7 Å². The molecule has 0 saturated carbocycles. The number of primary amides is 1. The van der Waals surface area contributed by atoms with Crippen LogP contribution in [0.2, 0.25) is 0 Å². The van der Waals surface area contributed by atoms with E-state index in [9.17, 15) is 13.2 Å². The Morgan fingerprint density at radius 1 is 1.32 bits per heavy atom. The second-order valence-corrected chi connectivity index (χ2v) is 8.90. The molecule has 1 heterocycles. The Morgan fingerprint density at radius 2 is 2.04 bits per heavy atom. The Morgan fingerprint density at radius 3 is 2.60 bits per heavy atom. The highest BCUT2D eigenvalue weighted by atomic mass is 32.2. The van der Waals surface area contributed by atoms with E-state index in [-0.39, 0.29) is 16.1 Å². The highest BCUT2D eigenvalue weighted by Gasteiger charge is 2.28. The topological polar surface area (TPSA) is 98.5 Å². The van der Waals surface area contributed by atoms with Gasteiger partial charge in [0.1, 0.15) is 16.5 Å². The fourth-order valence-electron chi connectivity index (χ4n) is 2.43. The highest BCUT2D eigenvalue weighted by Crippen LogP contribution is 2.37. The van der Waals surface area contributed by atoms with Gasteiger partial charge in [-0.1, -0.05) is 26.0 Å². The number of rotatable bonds is 7. The van der Waals surface area contributed by atoms with Gasteiger partial charge in [0.2, 0.25) is 0 Å². The quantitative estimate of drug-likeness (QED) is 0.769. The number of hydrogen-bond donors (Lipinski definition) is 2. The number of amides is 2. The minimum Gasteiger partial charge on any atom is -0.493 e. The molecular formula is C17H22N2O4S2. The van der Waals surface area contributed by atoms with Crippen molar-refractivity contribution in [1.29, 1.82) is 0 Å². The third-order valence-corrected chi connectivity index (χ3v) is 6.58. The molecule has 8 heteroatoms. The van der Waals surface area contributed by atoms with Crippen molar-refractivity contribution in [2.75, 3.05) is 12.5 Å². The van der Waals surface area contributed by atoms with Gasteiger partial charge in [-0.25, -0.2) is 13.2 Å². The maximum atomic E-state index is 12.7. The fraction of sp³-hybridized carbons (Fsp3) is 0.353. The number of nitrogens with one attached hydrogen (secondary N) is 1. The summed E-state index contributed by atoms with van der Waals surface area (Å²) in [7, 11) is -3.79. The van der Waals surface area contributed by atoms with Gasteiger partial charge in [0.15, 0.2) is 9.84 Å². The van der Waals surface area contributed by atoms with E-state index in [1.54, 1.807) is 30.4 Å². The number of benzene rings is 1. The van der Waals surface area contributed by atoms with E-state index >= 15 is 0 Å². The summed E-state index contributed by atoms with van der Waals surface area (Å²) >= 11 is 1.61. The Balaban J connectivity index is 2.52. The van der Waals surface area contributed by atoms with Gasteiger partial charge in [-0.2, -0.15) is 0 Å². The first-order valence-corrected chi connectivity index (χ1v) is 10.3. The van der Waals surface area contributed by atoms with Crippen LogP contribution in [-0.2, 0) is 15.3 Å². The van der Waals surface area contributed by atoms with Crippen LogP contribution < -0.4 is 15.8 Å². The van der Waals surface area contributed by atoms with Gasteiger partial charge in [0.05, 0.1) is 6.61 Å². The van der Waals surface area contributed by atoms with Gasteiger partial charge >= 0.3 is 6.03 Å². The summed E-state index contributed by atoms with van der Waals surface area (Å²) in [6, 6.07) is 8.23. The lowest BCUT2D eigenvalue weighted by molar-refractivity contribution is 0.250. The van der Waals surface area contributed by atoms with Crippen molar-refractivity contribution in [3.05, 3.63) is 46.2 Å². The fourth-order valence-corrected chi connectivity index (χ4v) is 4.54. The molecule has 0 bridgehead atoms. The molecule has 1 aromatic carbocycles. The maximum Gasteiger partial charge on any atom is 0.313 e.